The zero-order chi connectivity index (χ0) is 22.1. The lowest BCUT2D eigenvalue weighted by atomic mass is 9.86. The molecule has 1 fully saturated rings. The van der Waals surface area contributed by atoms with Gasteiger partial charge < -0.3 is 20.3 Å². The number of aromatic nitrogens is 2. The van der Waals surface area contributed by atoms with Gasteiger partial charge in [-0.2, -0.15) is 0 Å². The summed E-state index contributed by atoms with van der Waals surface area (Å²) in [4.78, 5) is 19.0. The van der Waals surface area contributed by atoms with Crippen molar-refractivity contribution in [2.24, 2.45) is 11.7 Å². The number of carbonyl (C=O) groups excluding carboxylic acids is 1. The van der Waals surface area contributed by atoms with Crippen molar-refractivity contribution in [1.29, 1.82) is 0 Å². The maximum Gasteiger partial charge on any atom is 0.239 e. The molecule has 5 rings (SSSR count). The van der Waals surface area contributed by atoms with E-state index in [1.54, 1.807) is 0 Å². The molecule has 3 aromatic rings. The number of nitrogens with two attached hydrogens (primary N) is 1. The van der Waals surface area contributed by atoms with Crippen molar-refractivity contribution in [1.82, 2.24) is 14.5 Å². The van der Waals surface area contributed by atoms with Crippen LogP contribution in [0.5, 0.6) is 0 Å². The fourth-order valence-corrected chi connectivity index (χ4v) is 5.29. The normalized spacial score (nSPS) is 19.9. The van der Waals surface area contributed by atoms with Crippen molar-refractivity contribution in [2.45, 2.75) is 43.9 Å². The molecule has 0 saturated carbocycles. The lowest BCUT2D eigenvalue weighted by Crippen LogP contribution is -2.49. The molecular formula is C26H30N4O2. The van der Waals surface area contributed by atoms with Gasteiger partial charge in [0.1, 0.15) is 0 Å². The molecule has 3 N–H and O–H groups in total. The van der Waals surface area contributed by atoms with E-state index in [9.17, 15) is 9.90 Å². The first-order valence-electron chi connectivity index (χ1n) is 11.5. The van der Waals surface area contributed by atoms with Crippen molar-refractivity contribution < 1.29 is 9.90 Å². The van der Waals surface area contributed by atoms with Crippen LogP contribution in [0.15, 0.2) is 67.1 Å². The zero-order valence-corrected chi connectivity index (χ0v) is 18.2. The molecule has 3 unspecified atom stereocenters. The fraction of sp³-hybridized carbons (Fsp3) is 0.385. The van der Waals surface area contributed by atoms with Crippen LogP contribution < -0.4 is 5.73 Å². The summed E-state index contributed by atoms with van der Waals surface area (Å²) in [7, 11) is 0. The molecule has 1 saturated heterocycles. The van der Waals surface area contributed by atoms with E-state index in [1.807, 2.05) is 53.8 Å². The third-order valence-electron chi connectivity index (χ3n) is 7.07. The van der Waals surface area contributed by atoms with Gasteiger partial charge in [-0.05, 0) is 42.7 Å². The molecule has 6 heteroatoms. The van der Waals surface area contributed by atoms with E-state index in [0.717, 1.165) is 24.1 Å². The van der Waals surface area contributed by atoms with Gasteiger partial charge in [0.25, 0.3) is 0 Å². The first-order valence-corrected chi connectivity index (χ1v) is 11.5. The number of piperidine rings is 1. The van der Waals surface area contributed by atoms with E-state index >= 15 is 0 Å². The lowest BCUT2D eigenvalue weighted by Gasteiger charge is -2.36. The minimum Gasteiger partial charge on any atom is -0.393 e. The van der Waals surface area contributed by atoms with Crippen molar-refractivity contribution >= 4 is 5.91 Å². The van der Waals surface area contributed by atoms with Crippen LogP contribution in [-0.2, 0) is 11.2 Å². The van der Waals surface area contributed by atoms with E-state index in [-0.39, 0.29) is 17.9 Å². The van der Waals surface area contributed by atoms with Gasteiger partial charge in [0, 0.05) is 18.7 Å². The second-order valence-electron chi connectivity index (χ2n) is 9.05. The number of likely N-dealkylation sites (tertiary alicyclic amines) is 1. The number of imidazole rings is 1. The Morgan fingerprint density at radius 2 is 1.81 bits per heavy atom. The van der Waals surface area contributed by atoms with Crippen LogP contribution in [0.4, 0.5) is 0 Å². The molecular weight excluding hydrogens is 400 g/mol. The molecule has 3 heterocycles. The minimum absolute atomic E-state index is 0.00886. The Bertz CT molecular complexity index is 1070. The summed E-state index contributed by atoms with van der Waals surface area (Å²) in [6.45, 7) is 1.31. The maximum atomic E-state index is 12.8. The Balaban J connectivity index is 1.18. The summed E-state index contributed by atoms with van der Waals surface area (Å²) in [6.07, 6.45) is 6.16. The second-order valence-corrected chi connectivity index (χ2v) is 9.05. The van der Waals surface area contributed by atoms with Gasteiger partial charge in [-0.15, -0.1) is 0 Å². The molecule has 6 nitrogen and oxygen atoms in total. The first-order chi connectivity index (χ1) is 15.6. The topological polar surface area (TPSA) is 84.4 Å². The van der Waals surface area contributed by atoms with Gasteiger partial charge in [-0.1, -0.05) is 54.6 Å². The number of fused-ring (bicyclic) bond motifs is 3. The average Bonchev–Trinajstić information content (AvgIpc) is 3.42. The first kappa shape index (κ1) is 20.9. The molecule has 3 atom stereocenters. The largest absolute Gasteiger partial charge is 0.393 e. The molecule has 166 valence electrons. The van der Waals surface area contributed by atoms with E-state index in [0.29, 0.717) is 25.9 Å². The number of amides is 1. The van der Waals surface area contributed by atoms with E-state index in [2.05, 4.69) is 27.8 Å². The summed E-state index contributed by atoms with van der Waals surface area (Å²) in [5, 5.41) is 11.1. The maximum absolute atomic E-state index is 12.8. The molecule has 0 spiro atoms. The number of benzene rings is 2. The van der Waals surface area contributed by atoms with Crippen LogP contribution in [0, 0.1) is 5.92 Å². The van der Waals surface area contributed by atoms with Gasteiger partial charge in [0.2, 0.25) is 5.91 Å². The van der Waals surface area contributed by atoms with E-state index < -0.39 is 12.1 Å². The minimum atomic E-state index is -0.520. The van der Waals surface area contributed by atoms with Crippen LogP contribution >= 0.6 is 0 Å². The molecule has 1 amide bonds. The molecule has 2 aliphatic rings. The fourth-order valence-electron chi connectivity index (χ4n) is 5.29. The quantitative estimate of drug-likeness (QED) is 0.630. The van der Waals surface area contributed by atoms with Gasteiger partial charge in [0.05, 0.1) is 36.4 Å². The molecule has 32 heavy (non-hydrogen) atoms. The highest BCUT2D eigenvalue weighted by Crippen LogP contribution is 2.42. The van der Waals surface area contributed by atoms with Gasteiger partial charge in [-0.25, -0.2) is 4.98 Å². The summed E-state index contributed by atoms with van der Waals surface area (Å²) in [5.41, 5.74) is 10.9. The predicted octanol–water partition coefficient (Wildman–Crippen LogP) is 3.01. The smallest absolute Gasteiger partial charge is 0.239 e. The van der Waals surface area contributed by atoms with Crippen LogP contribution in [-0.4, -0.2) is 50.7 Å². The molecule has 0 aliphatic carbocycles. The standard InChI is InChI=1S/C26H30N4O2/c27-22(14-18-6-2-1-3-7-18)26(32)29-12-10-19(11-13-29)25(31)15-23-20-8-4-5-9-21(20)24-16-28-17-30(23)24/h1-9,16-17,19,22-23,25,31H,10-15,27H2. The highest BCUT2D eigenvalue weighted by Gasteiger charge is 2.34. The second kappa shape index (κ2) is 8.88. The summed E-state index contributed by atoms with van der Waals surface area (Å²) >= 11 is 0. The highest BCUT2D eigenvalue weighted by molar-refractivity contribution is 5.82. The number of aliphatic hydroxyl groups excluding tert-OH is 1. The van der Waals surface area contributed by atoms with Crippen LogP contribution in [0.1, 0.15) is 36.4 Å². The summed E-state index contributed by atoms with van der Waals surface area (Å²) in [6, 6.07) is 17.9. The number of nitrogens with zero attached hydrogens (tertiary/aromatic N) is 3. The van der Waals surface area contributed by atoms with Crippen LogP contribution in [0.2, 0.25) is 0 Å². The van der Waals surface area contributed by atoms with E-state index in [1.165, 1.54) is 11.1 Å². The Morgan fingerprint density at radius 3 is 2.59 bits per heavy atom. The molecule has 0 radical (unpaired) electrons. The average molecular weight is 431 g/mol. The van der Waals surface area contributed by atoms with Crippen molar-refractivity contribution in [2.75, 3.05) is 13.1 Å². The zero-order valence-electron chi connectivity index (χ0n) is 18.2. The van der Waals surface area contributed by atoms with E-state index in [4.69, 9.17) is 5.73 Å². The van der Waals surface area contributed by atoms with Gasteiger partial charge in [0.15, 0.2) is 0 Å². The number of carbonyl (C=O) groups is 1. The Hall–Kier alpha value is -2.96. The molecule has 2 aromatic carbocycles. The summed E-state index contributed by atoms with van der Waals surface area (Å²) < 4.78 is 2.18. The third kappa shape index (κ3) is 3.96. The van der Waals surface area contributed by atoms with Gasteiger partial charge >= 0.3 is 0 Å². The molecule has 0 bridgehead atoms. The van der Waals surface area contributed by atoms with Crippen LogP contribution in [0.25, 0.3) is 11.3 Å². The summed E-state index contributed by atoms with van der Waals surface area (Å²) in [5.74, 6) is 0.193. The molecule has 1 aromatic heterocycles. The monoisotopic (exact) mass is 430 g/mol. The Morgan fingerprint density at radius 1 is 1.09 bits per heavy atom. The van der Waals surface area contributed by atoms with Gasteiger partial charge in [-0.3, -0.25) is 4.79 Å². The number of rotatable bonds is 6. The van der Waals surface area contributed by atoms with Crippen molar-refractivity contribution in [3.05, 3.63) is 78.2 Å². The Labute approximate surface area is 188 Å². The number of aliphatic hydroxyl groups is 1. The Kier molecular flexibility index (Phi) is 5.81. The third-order valence-corrected chi connectivity index (χ3v) is 7.07. The highest BCUT2D eigenvalue weighted by atomic mass is 16.3. The predicted molar refractivity (Wildman–Crippen MR) is 124 cm³/mol. The molecule has 2 aliphatic heterocycles. The number of hydrogen-bond acceptors (Lipinski definition) is 4. The van der Waals surface area contributed by atoms with Crippen LogP contribution in [0.3, 0.4) is 0 Å². The SMILES string of the molecule is NC(Cc1ccccc1)C(=O)N1CCC(C(O)CC2c3ccccc3-c3cncn32)CC1. The number of hydrogen-bond donors (Lipinski definition) is 2. The lowest BCUT2D eigenvalue weighted by molar-refractivity contribution is -0.134. The van der Waals surface area contributed by atoms with Crippen molar-refractivity contribution in [3.63, 3.8) is 0 Å². The van der Waals surface area contributed by atoms with Crippen molar-refractivity contribution in [3.8, 4) is 11.3 Å².